The summed E-state index contributed by atoms with van der Waals surface area (Å²) in [6.07, 6.45) is 1.05. The van der Waals surface area contributed by atoms with Crippen molar-refractivity contribution in [2.75, 3.05) is 0 Å². The van der Waals surface area contributed by atoms with E-state index in [9.17, 15) is 4.79 Å². The Morgan fingerprint density at radius 2 is 1.71 bits per heavy atom. The summed E-state index contributed by atoms with van der Waals surface area (Å²) in [5, 5.41) is 3.47. The molecule has 0 saturated carbocycles. The molecular formula is C18H22N2O. The number of carbonyl (C=O) groups is 1. The molecule has 0 atom stereocenters. The van der Waals surface area contributed by atoms with Gasteiger partial charge in [-0.25, -0.2) is 0 Å². The highest BCUT2D eigenvalue weighted by Crippen LogP contribution is 2.12. The first-order valence-electron chi connectivity index (χ1n) is 7.28. The number of carbonyl (C=O) groups excluding carboxylic acids is 1. The lowest BCUT2D eigenvalue weighted by Crippen LogP contribution is -2.16. The quantitative estimate of drug-likeness (QED) is 0.856. The first kappa shape index (κ1) is 15.3. The number of nitrogens with two attached hydrogens (primary N) is 1. The average Bonchev–Trinajstić information content (AvgIpc) is 2.49. The molecule has 3 heteroatoms. The van der Waals surface area contributed by atoms with E-state index in [-0.39, 0.29) is 5.91 Å². The van der Waals surface area contributed by atoms with Crippen LogP contribution in [0.1, 0.15) is 39.5 Å². The van der Waals surface area contributed by atoms with Crippen LogP contribution in [0.15, 0.2) is 42.5 Å². The predicted octanol–water partition coefficient (Wildman–Crippen LogP) is 2.95. The Balaban J connectivity index is 1.99. The van der Waals surface area contributed by atoms with Gasteiger partial charge in [-0.05, 0) is 47.7 Å². The molecular weight excluding hydrogens is 260 g/mol. The van der Waals surface area contributed by atoms with Gasteiger partial charge in [0.25, 0.3) is 0 Å². The fourth-order valence-electron chi connectivity index (χ4n) is 2.45. The van der Waals surface area contributed by atoms with Crippen molar-refractivity contribution in [3.05, 3.63) is 70.3 Å². The van der Waals surface area contributed by atoms with Gasteiger partial charge in [-0.3, -0.25) is 4.79 Å². The van der Waals surface area contributed by atoms with Gasteiger partial charge in [0.05, 0.1) is 0 Å². The summed E-state index contributed by atoms with van der Waals surface area (Å²) in [6, 6.07) is 14.1. The van der Waals surface area contributed by atoms with Crippen molar-refractivity contribution in [3.8, 4) is 0 Å². The Morgan fingerprint density at radius 3 is 2.33 bits per heavy atom. The van der Waals surface area contributed by atoms with Gasteiger partial charge < -0.3 is 11.1 Å². The van der Waals surface area contributed by atoms with Crippen molar-refractivity contribution >= 4 is 5.91 Å². The second kappa shape index (κ2) is 7.04. The Hall–Kier alpha value is -2.13. The SMILES string of the molecule is CCc1ccccc1CNCc1ccc(C(N)=O)cc1C. The first-order valence-corrected chi connectivity index (χ1v) is 7.28. The largest absolute Gasteiger partial charge is 0.366 e. The van der Waals surface area contributed by atoms with Gasteiger partial charge in [-0.1, -0.05) is 37.3 Å². The van der Waals surface area contributed by atoms with Crippen molar-refractivity contribution in [1.29, 1.82) is 0 Å². The van der Waals surface area contributed by atoms with Gasteiger partial charge >= 0.3 is 0 Å². The summed E-state index contributed by atoms with van der Waals surface area (Å²) in [5.74, 6) is -0.380. The molecule has 0 heterocycles. The van der Waals surface area contributed by atoms with E-state index in [1.54, 1.807) is 6.07 Å². The van der Waals surface area contributed by atoms with E-state index in [2.05, 4.69) is 36.5 Å². The Bertz CT molecular complexity index is 635. The van der Waals surface area contributed by atoms with Crippen LogP contribution >= 0.6 is 0 Å². The lowest BCUT2D eigenvalue weighted by molar-refractivity contribution is 0.1000. The highest BCUT2D eigenvalue weighted by molar-refractivity contribution is 5.93. The van der Waals surface area contributed by atoms with E-state index >= 15 is 0 Å². The molecule has 0 unspecified atom stereocenters. The van der Waals surface area contributed by atoms with Gasteiger partial charge in [-0.2, -0.15) is 0 Å². The third-order valence-corrected chi connectivity index (χ3v) is 3.76. The van der Waals surface area contributed by atoms with Crippen LogP contribution in [0.4, 0.5) is 0 Å². The van der Waals surface area contributed by atoms with E-state index in [0.717, 1.165) is 25.1 Å². The second-order valence-corrected chi connectivity index (χ2v) is 5.23. The molecule has 0 saturated heterocycles. The van der Waals surface area contributed by atoms with Crippen LogP contribution in [-0.4, -0.2) is 5.91 Å². The van der Waals surface area contributed by atoms with Crippen LogP contribution < -0.4 is 11.1 Å². The number of amides is 1. The molecule has 0 spiro atoms. The fourth-order valence-corrected chi connectivity index (χ4v) is 2.45. The molecule has 1 amide bonds. The summed E-state index contributed by atoms with van der Waals surface area (Å²) in [4.78, 5) is 11.1. The Kier molecular flexibility index (Phi) is 5.12. The van der Waals surface area contributed by atoms with Crippen LogP contribution in [0.3, 0.4) is 0 Å². The summed E-state index contributed by atoms with van der Waals surface area (Å²) >= 11 is 0. The zero-order valence-corrected chi connectivity index (χ0v) is 12.6. The fraction of sp³-hybridized carbons (Fsp3) is 0.278. The van der Waals surface area contributed by atoms with E-state index in [4.69, 9.17) is 5.73 Å². The molecule has 2 aromatic rings. The number of primary amides is 1. The van der Waals surface area contributed by atoms with Gasteiger partial charge in [-0.15, -0.1) is 0 Å². The summed E-state index contributed by atoms with van der Waals surface area (Å²) < 4.78 is 0. The maximum atomic E-state index is 11.1. The maximum Gasteiger partial charge on any atom is 0.248 e. The molecule has 110 valence electrons. The predicted molar refractivity (Wildman–Crippen MR) is 86.1 cm³/mol. The minimum absolute atomic E-state index is 0.380. The molecule has 0 aliphatic carbocycles. The van der Waals surface area contributed by atoms with Crippen LogP contribution in [0.25, 0.3) is 0 Å². The zero-order valence-electron chi connectivity index (χ0n) is 12.6. The topological polar surface area (TPSA) is 55.1 Å². The molecule has 21 heavy (non-hydrogen) atoms. The van der Waals surface area contributed by atoms with E-state index in [1.165, 1.54) is 16.7 Å². The number of hydrogen-bond acceptors (Lipinski definition) is 2. The van der Waals surface area contributed by atoms with Crippen molar-refractivity contribution in [2.45, 2.75) is 33.4 Å². The van der Waals surface area contributed by atoms with E-state index in [1.807, 2.05) is 19.1 Å². The molecule has 0 aliphatic heterocycles. The number of aryl methyl sites for hydroxylation is 2. The summed E-state index contributed by atoms with van der Waals surface area (Å²) in [6.45, 7) is 5.80. The third-order valence-electron chi connectivity index (χ3n) is 3.76. The number of hydrogen-bond donors (Lipinski definition) is 2. The average molecular weight is 282 g/mol. The molecule has 0 aromatic heterocycles. The van der Waals surface area contributed by atoms with Gasteiger partial charge in [0.1, 0.15) is 0 Å². The normalized spacial score (nSPS) is 10.6. The van der Waals surface area contributed by atoms with E-state index in [0.29, 0.717) is 5.56 Å². The molecule has 2 aromatic carbocycles. The maximum absolute atomic E-state index is 11.1. The van der Waals surface area contributed by atoms with Crippen LogP contribution in [-0.2, 0) is 19.5 Å². The van der Waals surface area contributed by atoms with Crippen molar-refractivity contribution in [2.24, 2.45) is 5.73 Å². The number of benzene rings is 2. The molecule has 2 rings (SSSR count). The smallest absolute Gasteiger partial charge is 0.248 e. The minimum atomic E-state index is -0.380. The van der Waals surface area contributed by atoms with Crippen LogP contribution in [0, 0.1) is 6.92 Å². The molecule has 0 aliphatic rings. The molecule has 0 bridgehead atoms. The van der Waals surface area contributed by atoms with Crippen molar-refractivity contribution < 1.29 is 4.79 Å². The number of nitrogens with one attached hydrogen (secondary N) is 1. The first-order chi connectivity index (χ1) is 10.1. The number of rotatable bonds is 6. The summed E-state index contributed by atoms with van der Waals surface area (Å²) in [7, 11) is 0. The van der Waals surface area contributed by atoms with Gasteiger partial charge in [0.15, 0.2) is 0 Å². The zero-order chi connectivity index (χ0) is 15.2. The van der Waals surface area contributed by atoms with Crippen LogP contribution in [0.2, 0.25) is 0 Å². The molecule has 0 fully saturated rings. The Labute approximate surface area is 126 Å². The third kappa shape index (κ3) is 3.92. The second-order valence-electron chi connectivity index (χ2n) is 5.23. The lowest BCUT2D eigenvalue weighted by atomic mass is 10.0. The van der Waals surface area contributed by atoms with Gasteiger partial charge in [0.2, 0.25) is 5.91 Å². The lowest BCUT2D eigenvalue weighted by Gasteiger charge is -2.11. The van der Waals surface area contributed by atoms with E-state index < -0.39 is 0 Å². The van der Waals surface area contributed by atoms with Crippen molar-refractivity contribution in [1.82, 2.24) is 5.32 Å². The Morgan fingerprint density at radius 1 is 1.05 bits per heavy atom. The summed E-state index contributed by atoms with van der Waals surface area (Å²) in [5.41, 5.74) is 10.8. The van der Waals surface area contributed by atoms with Crippen LogP contribution in [0.5, 0.6) is 0 Å². The van der Waals surface area contributed by atoms with Crippen molar-refractivity contribution in [3.63, 3.8) is 0 Å². The molecule has 3 N–H and O–H groups in total. The monoisotopic (exact) mass is 282 g/mol. The molecule has 0 radical (unpaired) electrons. The van der Waals surface area contributed by atoms with Gasteiger partial charge in [0, 0.05) is 18.7 Å². The minimum Gasteiger partial charge on any atom is -0.366 e. The highest BCUT2D eigenvalue weighted by atomic mass is 16.1. The molecule has 3 nitrogen and oxygen atoms in total. The highest BCUT2D eigenvalue weighted by Gasteiger charge is 2.04. The standard InChI is InChI=1S/C18H22N2O/c1-3-14-6-4-5-7-17(14)12-20-11-16-9-8-15(18(19)21)10-13(16)2/h4-10,20H,3,11-12H2,1-2H3,(H2,19,21).